The maximum Gasteiger partial charge on any atom is 0.267 e. The molecule has 1 aromatic rings. The predicted molar refractivity (Wildman–Crippen MR) is 48.6 cm³/mol. The van der Waals surface area contributed by atoms with Gasteiger partial charge in [0.25, 0.3) is 5.92 Å². The van der Waals surface area contributed by atoms with Crippen molar-refractivity contribution in [1.82, 2.24) is 0 Å². The maximum absolute atomic E-state index is 12.7. The van der Waals surface area contributed by atoms with Crippen molar-refractivity contribution < 1.29 is 8.78 Å². The number of rotatable bonds is 4. The van der Waals surface area contributed by atoms with E-state index in [0.29, 0.717) is 12.5 Å². The molecule has 1 rings (SSSR count). The lowest BCUT2D eigenvalue weighted by Crippen LogP contribution is -2.12. The summed E-state index contributed by atoms with van der Waals surface area (Å²) in [4.78, 5) is 0. The molecule has 1 radical (unpaired) electrons. The van der Waals surface area contributed by atoms with E-state index in [0.717, 1.165) is 5.56 Å². The van der Waals surface area contributed by atoms with Crippen molar-refractivity contribution in [2.24, 2.45) is 0 Å². The summed E-state index contributed by atoms with van der Waals surface area (Å²) in [6.45, 7) is 4.80. The Hall–Kier alpha value is -1.18. The minimum Gasteiger partial charge on any atom is -0.202 e. The van der Waals surface area contributed by atoms with Gasteiger partial charge in [-0.15, -0.1) is 0 Å². The Kier molecular flexibility index (Phi) is 3.18. The highest BCUT2D eigenvalue weighted by atomic mass is 19.3. The molecule has 0 fully saturated rings. The van der Waals surface area contributed by atoms with Crippen molar-refractivity contribution in [2.75, 3.05) is 0 Å². The Morgan fingerprint density at radius 2 is 1.85 bits per heavy atom. The highest BCUT2D eigenvalue weighted by molar-refractivity contribution is 5.15. The van der Waals surface area contributed by atoms with Gasteiger partial charge in [0.15, 0.2) is 0 Å². The van der Waals surface area contributed by atoms with Crippen LogP contribution in [-0.4, -0.2) is 5.92 Å². The number of halogens is 2. The number of hydrogen-bond donors (Lipinski definition) is 0. The fourth-order valence-electron chi connectivity index (χ4n) is 1.04. The van der Waals surface area contributed by atoms with Crippen LogP contribution in [-0.2, 0) is 6.42 Å². The molecule has 0 unspecified atom stereocenters. The maximum atomic E-state index is 12.7. The number of aryl methyl sites for hydroxylation is 1. The van der Waals surface area contributed by atoms with Gasteiger partial charge in [-0.25, -0.2) is 8.78 Å². The summed E-state index contributed by atoms with van der Waals surface area (Å²) in [5.74, 6) is -2.85. The molecule has 0 amide bonds. The molecule has 2 heteroatoms. The normalized spacial score (nSPS) is 11.2. The monoisotopic (exact) mass is 181 g/mol. The van der Waals surface area contributed by atoms with Crippen molar-refractivity contribution in [3.05, 3.63) is 48.6 Å². The van der Waals surface area contributed by atoms with Crippen molar-refractivity contribution >= 4 is 0 Å². The zero-order chi connectivity index (χ0) is 9.73. The van der Waals surface area contributed by atoms with Gasteiger partial charge in [0.05, 0.1) is 0 Å². The number of allylic oxidation sites excluding steroid dienone is 1. The zero-order valence-electron chi connectivity index (χ0n) is 7.21. The Balaban J connectivity index is 2.48. The fraction of sp³-hybridized carbons (Fsp3) is 0.273. The SMILES string of the molecule is [CH]=CC(F)(F)CCc1ccccc1. The molecule has 0 heterocycles. The summed E-state index contributed by atoms with van der Waals surface area (Å²) in [7, 11) is 0. The highest BCUT2D eigenvalue weighted by Gasteiger charge is 2.23. The lowest BCUT2D eigenvalue weighted by atomic mass is 10.1. The zero-order valence-corrected chi connectivity index (χ0v) is 7.21. The van der Waals surface area contributed by atoms with Crippen LogP contribution in [0.2, 0.25) is 0 Å². The number of benzene rings is 1. The van der Waals surface area contributed by atoms with E-state index in [1.807, 2.05) is 30.3 Å². The van der Waals surface area contributed by atoms with Crippen LogP contribution < -0.4 is 0 Å². The van der Waals surface area contributed by atoms with Crippen LogP contribution in [0.4, 0.5) is 8.78 Å². The average Bonchev–Trinajstić information content (AvgIpc) is 2.17. The van der Waals surface area contributed by atoms with Crippen LogP contribution in [0.15, 0.2) is 36.4 Å². The van der Waals surface area contributed by atoms with E-state index < -0.39 is 5.92 Å². The largest absolute Gasteiger partial charge is 0.267 e. The van der Waals surface area contributed by atoms with Crippen molar-refractivity contribution in [1.29, 1.82) is 0 Å². The first-order chi connectivity index (χ1) is 6.14. The van der Waals surface area contributed by atoms with Crippen LogP contribution in [0.25, 0.3) is 0 Å². The van der Waals surface area contributed by atoms with Gasteiger partial charge < -0.3 is 0 Å². The summed E-state index contributed by atoms with van der Waals surface area (Å²) in [5, 5.41) is 0. The molecule has 0 N–H and O–H groups in total. The van der Waals surface area contributed by atoms with Gasteiger partial charge in [0.2, 0.25) is 0 Å². The van der Waals surface area contributed by atoms with E-state index in [2.05, 4.69) is 0 Å². The molecule has 0 aromatic heterocycles. The van der Waals surface area contributed by atoms with Crippen LogP contribution >= 0.6 is 0 Å². The van der Waals surface area contributed by atoms with Gasteiger partial charge in [-0.05, 0) is 18.1 Å². The Morgan fingerprint density at radius 1 is 1.23 bits per heavy atom. The van der Waals surface area contributed by atoms with Gasteiger partial charge in [-0.1, -0.05) is 36.9 Å². The minimum absolute atomic E-state index is 0.229. The molecule has 0 nitrogen and oxygen atoms in total. The standard InChI is InChI=1S/C11H11F2/c1-2-11(12,13)9-8-10-6-4-3-5-7-10/h1-7H,8-9H2. The molecular weight excluding hydrogens is 170 g/mol. The van der Waals surface area contributed by atoms with Gasteiger partial charge in [0, 0.05) is 6.42 Å². The summed E-state index contributed by atoms with van der Waals surface area (Å²) in [6.07, 6.45) is 0.574. The second-order valence-corrected chi connectivity index (χ2v) is 2.91. The minimum atomic E-state index is -2.85. The molecule has 0 aliphatic carbocycles. The fourth-order valence-corrected chi connectivity index (χ4v) is 1.04. The summed E-state index contributed by atoms with van der Waals surface area (Å²) in [6, 6.07) is 9.18. The molecule has 0 atom stereocenters. The molecule has 0 saturated carbocycles. The second kappa shape index (κ2) is 4.17. The van der Waals surface area contributed by atoms with Gasteiger partial charge >= 0.3 is 0 Å². The number of hydrogen-bond acceptors (Lipinski definition) is 0. The molecule has 0 aliphatic heterocycles. The van der Waals surface area contributed by atoms with Crippen LogP contribution in [0.3, 0.4) is 0 Å². The third kappa shape index (κ3) is 3.36. The van der Waals surface area contributed by atoms with Crippen molar-refractivity contribution in [3.63, 3.8) is 0 Å². The molecule has 0 saturated heterocycles. The Morgan fingerprint density at radius 3 is 2.38 bits per heavy atom. The number of alkyl halides is 2. The first kappa shape index (κ1) is 9.90. The van der Waals surface area contributed by atoms with Crippen LogP contribution in [0.5, 0.6) is 0 Å². The Bertz CT molecular complexity index is 265. The first-order valence-electron chi connectivity index (χ1n) is 4.12. The summed E-state index contributed by atoms with van der Waals surface area (Å²) in [5.41, 5.74) is 0.907. The quantitative estimate of drug-likeness (QED) is 0.668. The summed E-state index contributed by atoms with van der Waals surface area (Å²) < 4.78 is 25.3. The van der Waals surface area contributed by atoms with E-state index in [1.54, 1.807) is 0 Å². The van der Waals surface area contributed by atoms with E-state index in [9.17, 15) is 8.78 Å². The average molecular weight is 181 g/mol. The molecular formula is C11H11F2. The Labute approximate surface area is 76.9 Å². The molecule has 13 heavy (non-hydrogen) atoms. The smallest absolute Gasteiger partial charge is 0.202 e. The first-order valence-corrected chi connectivity index (χ1v) is 4.12. The van der Waals surface area contributed by atoms with Crippen molar-refractivity contribution in [3.8, 4) is 0 Å². The lowest BCUT2D eigenvalue weighted by molar-refractivity contribution is 0.0460. The summed E-state index contributed by atoms with van der Waals surface area (Å²) >= 11 is 0. The molecule has 69 valence electrons. The van der Waals surface area contributed by atoms with E-state index in [4.69, 9.17) is 6.58 Å². The van der Waals surface area contributed by atoms with E-state index in [1.165, 1.54) is 0 Å². The van der Waals surface area contributed by atoms with Crippen LogP contribution in [0.1, 0.15) is 12.0 Å². The highest BCUT2D eigenvalue weighted by Crippen LogP contribution is 2.21. The lowest BCUT2D eigenvalue weighted by Gasteiger charge is -2.10. The van der Waals surface area contributed by atoms with Gasteiger partial charge in [-0.3, -0.25) is 0 Å². The van der Waals surface area contributed by atoms with Gasteiger partial charge in [0.1, 0.15) is 0 Å². The topological polar surface area (TPSA) is 0 Å². The third-order valence-corrected chi connectivity index (χ3v) is 1.83. The van der Waals surface area contributed by atoms with Crippen LogP contribution in [0, 0.1) is 6.58 Å². The third-order valence-electron chi connectivity index (χ3n) is 1.83. The molecule has 0 bridgehead atoms. The molecule has 0 spiro atoms. The van der Waals surface area contributed by atoms with E-state index in [-0.39, 0.29) is 6.42 Å². The van der Waals surface area contributed by atoms with Crippen molar-refractivity contribution in [2.45, 2.75) is 18.8 Å². The van der Waals surface area contributed by atoms with Gasteiger partial charge in [-0.2, -0.15) is 0 Å². The molecule has 1 aromatic carbocycles. The molecule has 0 aliphatic rings. The predicted octanol–water partition coefficient (Wildman–Crippen LogP) is 3.24. The van der Waals surface area contributed by atoms with E-state index >= 15 is 0 Å². The second-order valence-electron chi connectivity index (χ2n) is 2.91.